The summed E-state index contributed by atoms with van der Waals surface area (Å²) in [5, 5.41) is 2.71. The quantitative estimate of drug-likeness (QED) is 0.884. The number of aryl methyl sites for hydroxylation is 1. The van der Waals surface area contributed by atoms with Crippen molar-refractivity contribution in [2.24, 2.45) is 0 Å². The number of fused-ring (bicyclic) bond motifs is 1. The molecule has 0 radical (unpaired) electrons. The molecule has 0 saturated heterocycles. The van der Waals surface area contributed by atoms with Crippen molar-refractivity contribution < 1.29 is 18.7 Å². The summed E-state index contributed by atoms with van der Waals surface area (Å²) in [5.74, 6) is -1.05. The van der Waals surface area contributed by atoms with Crippen molar-refractivity contribution in [1.82, 2.24) is 0 Å². The average Bonchev–Trinajstić information content (AvgIpc) is 2.79. The van der Waals surface area contributed by atoms with Crippen LogP contribution in [0, 0.1) is 12.7 Å². The number of anilines is 1. The number of esters is 1. The molecule has 0 aromatic heterocycles. The zero-order valence-electron chi connectivity index (χ0n) is 11.9. The van der Waals surface area contributed by atoms with E-state index in [0.29, 0.717) is 16.8 Å². The minimum Gasteiger partial charge on any atom is -0.453 e. The van der Waals surface area contributed by atoms with Crippen molar-refractivity contribution in [3.63, 3.8) is 0 Å². The Hall–Kier alpha value is -2.69. The van der Waals surface area contributed by atoms with E-state index in [0.717, 1.165) is 5.56 Å². The molecule has 1 N–H and O–H groups in total. The topological polar surface area (TPSA) is 55.4 Å². The van der Waals surface area contributed by atoms with Gasteiger partial charge in [-0.15, -0.1) is 0 Å². The van der Waals surface area contributed by atoms with Gasteiger partial charge in [0, 0.05) is 11.3 Å². The van der Waals surface area contributed by atoms with Crippen molar-refractivity contribution in [3.8, 4) is 0 Å². The van der Waals surface area contributed by atoms with Crippen LogP contribution in [0.15, 0.2) is 42.5 Å². The first kappa shape index (κ1) is 14.3. The normalized spacial score (nSPS) is 16.1. The van der Waals surface area contributed by atoms with Crippen LogP contribution in [0.1, 0.15) is 34.0 Å². The molecule has 1 amide bonds. The van der Waals surface area contributed by atoms with E-state index in [1.54, 1.807) is 31.2 Å². The fraction of sp³-hybridized carbons (Fsp3) is 0.176. The number of carbonyl (C=O) groups excluding carboxylic acids is 2. The molecular formula is C17H14FNO3. The lowest BCUT2D eigenvalue weighted by atomic mass is 10.0. The van der Waals surface area contributed by atoms with Gasteiger partial charge in [-0.25, -0.2) is 9.18 Å². The van der Waals surface area contributed by atoms with Gasteiger partial charge in [0.2, 0.25) is 5.91 Å². The van der Waals surface area contributed by atoms with E-state index in [-0.39, 0.29) is 18.1 Å². The number of carbonyl (C=O) groups is 2. The molecule has 22 heavy (non-hydrogen) atoms. The van der Waals surface area contributed by atoms with Crippen LogP contribution in [-0.2, 0) is 9.53 Å². The Labute approximate surface area is 126 Å². The zero-order valence-corrected chi connectivity index (χ0v) is 11.9. The van der Waals surface area contributed by atoms with Crippen LogP contribution in [0.3, 0.4) is 0 Å². The number of amides is 1. The fourth-order valence-corrected chi connectivity index (χ4v) is 2.51. The molecule has 0 unspecified atom stereocenters. The fourth-order valence-electron chi connectivity index (χ4n) is 2.51. The highest BCUT2D eigenvalue weighted by atomic mass is 19.1. The summed E-state index contributed by atoms with van der Waals surface area (Å²) < 4.78 is 18.3. The molecule has 0 aliphatic carbocycles. The third-order valence-corrected chi connectivity index (χ3v) is 3.61. The molecule has 112 valence electrons. The van der Waals surface area contributed by atoms with E-state index in [1.807, 2.05) is 0 Å². The second kappa shape index (κ2) is 5.60. The van der Waals surface area contributed by atoms with Gasteiger partial charge in [-0.2, -0.15) is 0 Å². The number of ether oxygens (including phenoxy) is 1. The van der Waals surface area contributed by atoms with Gasteiger partial charge >= 0.3 is 5.97 Å². The highest BCUT2D eigenvalue weighted by Crippen LogP contribution is 2.33. The monoisotopic (exact) mass is 299 g/mol. The Morgan fingerprint density at radius 1 is 1.27 bits per heavy atom. The smallest absolute Gasteiger partial charge is 0.339 e. The first-order valence-corrected chi connectivity index (χ1v) is 6.90. The summed E-state index contributed by atoms with van der Waals surface area (Å²) in [5.41, 5.74) is 2.40. The molecule has 4 nitrogen and oxygen atoms in total. The van der Waals surface area contributed by atoms with Crippen LogP contribution in [0.5, 0.6) is 0 Å². The largest absolute Gasteiger partial charge is 0.453 e. The molecule has 3 rings (SSSR count). The van der Waals surface area contributed by atoms with E-state index in [9.17, 15) is 14.0 Å². The first-order valence-electron chi connectivity index (χ1n) is 6.90. The molecule has 0 fully saturated rings. The maximum Gasteiger partial charge on any atom is 0.339 e. The van der Waals surface area contributed by atoms with Gasteiger partial charge in [0.25, 0.3) is 0 Å². The summed E-state index contributed by atoms with van der Waals surface area (Å²) >= 11 is 0. The summed E-state index contributed by atoms with van der Waals surface area (Å²) in [6, 6.07) is 11.2. The molecule has 1 aliphatic rings. The Balaban J connectivity index is 1.72. The summed E-state index contributed by atoms with van der Waals surface area (Å²) in [4.78, 5) is 23.8. The van der Waals surface area contributed by atoms with Crippen molar-refractivity contribution >= 4 is 17.6 Å². The predicted octanol–water partition coefficient (Wildman–Crippen LogP) is 3.37. The molecule has 0 saturated carbocycles. The number of cyclic esters (lactones) is 1. The van der Waals surface area contributed by atoms with Gasteiger partial charge in [-0.05, 0) is 36.8 Å². The Bertz CT molecular complexity index is 757. The molecule has 2 aromatic rings. The van der Waals surface area contributed by atoms with E-state index in [2.05, 4.69) is 5.32 Å². The predicted molar refractivity (Wildman–Crippen MR) is 79.0 cm³/mol. The molecule has 1 heterocycles. The standard InChI is InChI=1S/C17H14FNO3/c1-10-8-11(18)6-7-14(10)19-16(20)9-15-12-4-2-3-5-13(12)17(21)22-15/h2-8,15H,9H2,1H3,(H,19,20)/t15-/m0/s1. The van der Waals surface area contributed by atoms with Crippen LogP contribution < -0.4 is 5.32 Å². The van der Waals surface area contributed by atoms with Gasteiger partial charge in [0.15, 0.2) is 0 Å². The van der Waals surface area contributed by atoms with E-state index >= 15 is 0 Å². The molecule has 1 aliphatic heterocycles. The lowest BCUT2D eigenvalue weighted by Crippen LogP contribution is -2.16. The Morgan fingerprint density at radius 2 is 2.05 bits per heavy atom. The van der Waals surface area contributed by atoms with Crippen molar-refractivity contribution in [2.45, 2.75) is 19.4 Å². The Morgan fingerprint density at radius 3 is 2.82 bits per heavy atom. The van der Waals surface area contributed by atoms with Crippen molar-refractivity contribution in [3.05, 3.63) is 65.0 Å². The molecular weight excluding hydrogens is 285 g/mol. The molecule has 2 aromatic carbocycles. The van der Waals surface area contributed by atoms with Gasteiger partial charge in [-0.3, -0.25) is 4.79 Å². The van der Waals surface area contributed by atoms with Crippen molar-refractivity contribution in [2.75, 3.05) is 5.32 Å². The number of halogens is 1. The van der Waals surface area contributed by atoms with Crippen LogP contribution in [-0.4, -0.2) is 11.9 Å². The third kappa shape index (κ3) is 2.70. The number of nitrogens with one attached hydrogen (secondary N) is 1. The number of benzene rings is 2. The second-order valence-corrected chi connectivity index (χ2v) is 5.19. The van der Waals surface area contributed by atoms with Crippen LogP contribution in [0.4, 0.5) is 10.1 Å². The number of rotatable bonds is 3. The highest BCUT2D eigenvalue weighted by molar-refractivity contribution is 5.96. The minimum absolute atomic E-state index is 0.0274. The summed E-state index contributed by atoms with van der Waals surface area (Å²) in [7, 11) is 0. The molecule has 0 spiro atoms. The zero-order chi connectivity index (χ0) is 15.7. The maximum atomic E-state index is 13.1. The van der Waals surface area contributed by atoms with E-state index < -0.39 is 12.1 Å². The SMILES string of the molecule is Cc1cc(F)ccc1NC(=O)C[C@@H]1OC(=O)c2ccccc21. The van der Waals surface area contributed by atoms with Crippen LogP contribution in [0.2, 0.25) is 0 Å². The highest BCUT2D eigenvalue weighted by Gasteiger charge is 2.32. The third-order valence-electron chi connectivity index (χ3n) is 3.61. The van der Waals surface area contributed by atoms with Crippen molar-refractivity contribution in [1.29, 1.82) is 0 Å². The first-order chi connectivity index (χ1) is 10.5. The average molecular weight is 299 g/mol. The van der Waals surface area contributed by atoms with Crippen LogP contribution in [0.25, 0.3) is 0 Å². The summed E-state index contributed by atoms with van der Waals surface area (Å²) in [6.45, 7) is 1.71. The molecule has 1 atom stereocenters. The van der Waals surface area contributed by atoms with Crippen LogP contribution >= 0.6 is 0 Å². The van der Waals surface area contributed by atoms with Gasteiger partial charge < -0.3 is 10.1 Å². The molecule has 0 bridgehead atoms. The maximum absolute atomic E-state index is 13.1. The Kier molecular flexibility index (Phi) is 3.63. The lowest BCUT2D eigenvalue weighted by molar-refractivity contribution is -0.118. The van der Waals surface area contributed by atoms with E-state index in [4.69, 9.17) is 4.74 Å². The van der Waals surface area contributed by atoms with E-state index in [1.165, 1.54) is 18.2 Å². The number of hydrogen-bond donors (Lipinski definition) is 1. The van der Waals surface area contributed by atoms with Gasteiger partial charge in [0.1, 0.15) is 11.9 Å². The van der Waals surface area contributed by atoms with Gasteiger partial charge in [-0.1, -0.05) is 18.2 Å². The summed E-state index contributed by atoms with van der Waals surface area (Å²) in [6.07, 6.45) is -0.552. The lowest BCUT2D eigenvalue weighted by Gasteiger charge is -2.12. The van der Waals surface area contributed by atoms with Gasteiger partial charge in [0.05, 0.1) is 12.0 Å². The second-order valence-electron chi connectivity index (χ2n) is 5.19. The number of hydrogen-bond acceptors (Lipinski definition) is 3. The molecule has 5 heteroatoms. The minimum atomic E-state index is -0.579.